The zero-order valence-electron chi connectivity index (χ0n) is 11.8. The van der Waals surface area contributed by atoms with Crippen LogP contribution in [0.15, 0.2) is 18.2 Å². The summed E-state index contributed by atoms with van der Waals surface area (Å²) in [4.78, 5) is 12.1. The summed E-state index contributed by atoms with van der Waals surface area (Å²) in [5, 5.41) is 12.8. The molecule has 4 nitrogen and oxygen atoms in total. The normalized spacial score (nSPS) is 22.7. The number of rotatable bonds is 4. The number of ether oxygens (including phenoxy) is 1. The van der Waals surface area contributed by atoms with Crippen LogP contribution in [0.2, 0.25) is 0 Å². The first-order valence-corrected chi connectivity index (χ1v) is 7.54. The molecule has 0 saturated heterocycles. The highest BCUT2D eigenvalue weighted by Gasteiger charge is 2.30. The molecule has 1 aromatic carbocycles. The van der Waals surface area contributed by atoms with Gasteiger partial charge in [-0.1, -0.05) is 12.8 Å². The van der Waals surface area contributed by atoms with Gasteiger partial charge in [0.15, 0.2) is 6.10 Å². The second-order valence-electron chi connectivity index (χ2n) is 5.92. The third kappa shape index (κ3) is 3.18. The number of carbonyl (C=O) groups excluding carboxylic acids is 1. The quantitative estimate of drug-likeness (QED) is 0.890. The van der Waals surface area contributed by atoms with Crippen molar-refractivity contribution in [2.75, 3.05) is 6.54 Å². The highest BCUT2D eigenvalue weighted by Crippen LogP contribution is 2.30. The average Bonchev–Trinajstić information content (AvgIpc) is 3.12. The number of halogens is 1. The van der Waals surface area contributed by atoms with Gasteiger partial charge in [-0.15, -0.1) is 0 Å². The molecular weight excluding hydrogens is 273 g/mol. The first-order valence-electron chi connectivity index (χ1n) is 7.54. The number of amides is 1. The topological polar surface area (TPSA) is 58.6 Å². The van der Waals surface area contributed by atoms with Gasteiger partial charge in [0.1, 0.15) is 11.6 Å². The van der Waals surface area contributed by atoms with Crippen molar-refractivity contribution in [1.29, 1.82) is 0 Å². The van der Waals surface area contributed by atoms with E-state index in [1.807, 2.05) is 0 Å². The molecule has 0 radical (unpaired) electrons. The SMILES string of the molecule is O=C(NCC(O)C1CCCC1)C1Cc2cc(F)ccc2O1. The minimum absolute atomic E-state index is 0.247. The van der Waals surface area contributed by atoms with Gasteiger partial charge in [-0.25, -0.2) is 4.39 Å². The number of benzene rings is 1. The van der Waals surface area contributed by atoms with Crippen LogP contribution in [0.3, 0.4) is 0 Å². The van der Waals surface area contributed by atoms with Gasteiger partial charge in [0.2, 0.25) is 0 Å². The predicted molar refractivity (Wildman–Crippen MR) is 75.5 cm³/mol. The molecule has 1 heterocycles. The summed E-state index contributed by atoms with van der Waals surface area (Å²) in [6, 6.07) is 4.27. The minimum atomic E-state index is -0.627. The van der Waals surface area contributed by atoms with E-state index in [1.54, 1.807) is 6.07 Å². The number of fused-ring (bicyclic) bond motifs is 1. The molecule has 1 aliphatic heterocycles. The zero-order valence-corrected chi connectivity index (χ0v) is 11.8. The van der Waals surface area contributed by atoms with Crippen LogP contribution < -0.4 is 10.1 Å². The van der Waals surface area contributed by atoms with Crippen LogP contribution in [-0.2, 0) is 11.2 Å². The summed E-state index contributed by atoms with van der Waals surface area (Å²) in [5.74, 6) is 0.285. The first-order chi connectivity index (χ1) is 10.1. The van der Waals surface area contributed by atoms with E-state index in [0.717, 1.165) is 25.7 Å². The van der Waals surface area contributed by atoms with Crippen molar-refractivity contribution in [2.45, 2.75) is 44.3 Å². The van der Waals surface area contributed by atoms with Crippen LogP contribution >= 0.6 is 0 Å². The third-order valence-corrected chi connectivity index (χ3v) is 4.42. The highest BCUT2D eigenvalue weighted by molar-refractivity contribution is 5.82. The van der Waals surface area contributed by atoms with Gasteiger partial charge in [-0.2, -0.15) is 0 Å². The van der Waals surface area contributed by atoms with E-state index in [-0.39, 0.29) is 18.3 Å². The van der Waals surface area contributed by atoms with E-state index in [4.69, 9.17) is 4.74 Å². The average molecular weight is 293 g/mol. The van der Waals surface area contributed by atoms with Crippen LogP contribution in [-0.4, -0.2) is 29.8 Å². The Morgan fingerprint density at radius 2 is 2.19 bits per heavy atom. The lowest BCUT2D eigenvalue weighted by molar-refractivity contribution is -0.127. The molecule has 0 bridgehead atoms. The lowest BCUT2D eigenvalue weighted by Crippen LogP contribution is -2.42. The summed E-state index contributed by atoms with van der Waals surface area (Å²) in [6.07, 6.45) is 3.63. The standard InChI is InChI=1S/C16H20FNO3/c17-12-5-6-14-11(7-12)8-15(21-14)16(20)18-9-13(19)10-3-1-2-4-10/h5-7,10,13,15,19H,1-4,8-9H2,(H,18,20). The second-order valence-corrected chi connectivity index (χ2v) is 5.92. The molecule has 2 N–H and O–H groups in total. The number of aliphatic hydroxyl groups is 1. The van der Waals surface area contributed by atoms with Gasteiger partial charge in [0.25, 0.3) is 5.91 Å². The minimum Gasteiger partial charge on any atom is -0.480 e. The molecule has 3 rings (SSSR count). The molecule has 2 aliphatic rings. The molecule has 5 heteroatoms. The maximum absolute atomic E-state index is 13.1. The highest BCUT2D eigenvalue weighted by atomic mass is 19.1. The lowest BCUT2D eigenvalue weighted by Gasteiger charge is -2.19. The Morgan fingerprint density at radius 3 is 2.95 bits per heavy atom. The fourth-order valence-corrected chi connectivity index (χ4v) is 3.19. The molecule has 1 fully saturated rings. The number of carbonyl (C=O) groups is 1. The number of hydrogen-bond acceptors (Lipinski definition) is 3. The summed E-state index contributed by atoms with van der Waals surface area (Å²) >= 11 is 0. The largest absolute Gasteiger partial charge is 0.480 e. The maximum Gasteiger partial charge on any atom is 0.261 e. The first kappa shape index (κ1) is 14.3. The molecule has 114 valence electrons. The van der Waals surface area contributed by atoms with E-state index in [1.165, 1.54) is 12.1 Å². The molecule has 21 heavy (non-hydrogen) atoms. The van der Waals surface area contributed by atoms with Crippen molar-refractivity contribution in [3.05, 3.63) is 29.6 Å². The molecular formula is C16H20FNO3. The van der Waals surface area contributed by atoms with E-state index in [2.05, 4.69) is 5.32 Å². The van der Waals surface area contributed by atoms with Gasteiger partial charge in [-0.3, -0.25) is 4.79 Å². The van der Waals surface area contributed by atoms with E-state index < -0.39 is 12.2 Å². The van der Waals surface area contributed by atoms with Crippen molar-refractivity contribution in [3.8, 4) is 5.75 Å². The Kier molecular flexibility index (Phi) is 4.10. The van der Waals surface area contributed by atoms with Gasteiger partial charge in [-0.05, 0) is 37.0 Å². The fraction of sp³-hybridized carbons (Fsp3) is 0.562. The zero-order chi connectivity index (χ0) is 14.8. The number of aliphatic hydroxyl groups excluding tert-OH is 1. The Bertz CT molecular complexity index is 528. The molecule has 0 spiro atoms. The van der Waals surface area contributed by atoms with Crippen molar-refractivity contribution in [2.24, 2.45) is 5.92 Å². The predicted octanol–water partition coefficient (Wildman–Crippen LogP) is 1.80. The van der Waals surface area contributed by atoms with Crippen LogP contribution in [0.4, 0.5) is 4.39 Å². The molecule has 1 aliphatic carbocycles. The maximum atomic E-state index is 13.1. The van der Waals surface area contributed by atoms with Crippen molar-refractivity contribution >= 4 is 5.91 Å². The second kappa shape index (κ2) is 6.02. The van der Waals surface area contributed by atoms with Crippen LogP contribution in [0.1, 0.15) is 31.2 Å². The molecule has 1 aromatic rings. The van der Waals surface area contributed by atoms with E-state index in [9.17, 15) is 14.3 Å². The molecule has 0 aromatic heterocycles. The Balaban J connectivity index is 1.51. The summed E-state index contributed by atoms with van der Waals surface area (Å²) in [6.45, 7) is 0.258. The number of nitrogens with one attached hydrogen (secondary N) is 1. The lowest BCUT2D eigenvalue weighted by atomic mass is 10.0. The summed E-state index contributed by atoms with van der Waals surface area (Å²) in [7, 11) is 0. The van der Waals surface area contributed by atoms with Crippen LogP contribution in [0.5, 0.6) is 5.75 Å². The Hall–Kier alpha value is -1.62. The van der Waals surface area contributed by atoms with Crippen LogP contribution in [0, 0.1) is 11.7 Å². The van der Waals surface area contributed by atoms with Crippen molar-refractivity contribution < 1.29 is 19.0 Å². The summed E-state index contributed by atoms with van der Waals surface area (Å²) in [5.41, 5.74) is 0.714. The summed E-state index contributed by atoms with van der Waals surface area (Å²) < 4.78 is 18.6. The number of hydrogen-bond donors (Lipinski definition) is 2. The molecule has 1 amide bonds. The molecule has 2 atom stereocenters. The molecule has 1 saturated carbocycles. The third-order valence-electron chi connectivity index (χ3n) is 4.42. The monoisotopic (exact) mass is 293 g/mol. The van der Waals surface area contributed by atoms with Crippen molar-refractivity contribution in [3.63, 3.8) is 0 Å². The smallest absolute Gasteiger partial charge is 0.261 e. The van der Waals surface area contributed by atoms with Gasteiger partial charge >= 0.3 is 0 Å². The fourth-order valence-electron chi connectivity index (χ4n) is 3.19. The Morgan fingerprint density at radius 1 is 1.43 bits per heavy atom. The van der Waals surface area contributed by atoms with Gasteiger partial charge in [0, 0.05) is 18.5 Å². The Labute approximate surface area is 123 Å². The molecule has 2 unspecified atom stereocenters. The van der Waals surface area contributed by atoms with Crippen molar-refractivity contribution in [1.82, 2.24) is 5.32 Å². The van der Waals surface area contributed by atoms with Gasteiger partial charge < -0.3 is 15.2 Å². The van der Waals surface area contributed by atoms with Crippen LogP contribution in [0.25, 0.3) is 0 Å². The van der Waals surface area contributed by atoms with E-state index in [0.29, 0.717) is 23.7 Å². The van der Waals surface area contributed by atoms with E-state index >= 15 is 0 Å². The van der Waals surface area contributed by atoms with Gasteiger partial charge in [0.05, 0.1) is 6.10 Å².